The van der Waals surface area contributed by atoms with E-state index in [1.54, 1.807) is 11.2 Å². The zero-order chi connectivity index (χ0) is 15.0. The van der Waals surface area contributed by atoms with Crippen molar-refractivity contribution in [1.82, 2.24) is 9.29 Å². The summed E-state index contributed by atoms with van der Waals surface area (Å²) in [5.74, 6) is 0.166. The van der Waals surface area contributed by atoms with Gasteiger partial charge in [0.15, 0.2) is 5.13 Å². The second kappa shape index (κ2) is 5.43. The van der Waals surface area contributed by atoms with Gasteiger partial charge in [-0.25, -0.2) is 13.4 Å². The van der Waals surface area contributed by atoms with Crippen LogP contribution < -0.4 is 10.6 Å². The highest BCUT2D eigenvalue weighted by Gasteiger charge is 2.25. The first-order valence-electron chi connectivity index (χ1n) is 6.88. The van der Waals surface area contributed by atoms with E-state index in [0.717, 1.165) is 15.9 Å². The fourth-order valence-corrected chi connectivity index (χ4v) is 4.39. The van der Waals surface area contributed by atoms with Gasteiger partial charge in [0.25, 0.3) is 0 Å². The number of anilines is 2. The number of nitrogens with two attached hydrogens (primary N) is 1. The molecule has 1 aromatic heterocycles. The number of nitrogens with zero attached hydrogens (tertiary/aromatic N) is 3. The first kappa shape index (κ1) is 14.6. The number of nitrogen functional groups attached to an aromatic ring is 1. The lowest BCUT2D eigenvalue weighted by Crippen LogP contribution is -2.49. The lowest BCUT2D eigenvalue weighted by molar-refractivity contribution is 0.385. The van der Waals surface area contributed by atoms with E-state index in [2.05, 4.69) is 16.0 Å². The van der Waals surface area contributed by atoms with E-state index in [4.69, 9.17) is 5.73 Å². The SMILES string of the molecule is CCS(=O)(=O)N1CCN(c2ccc3nc(N)sc3c2)CC1. The summed E-state index contributed by atoms with van der Waals surface area (Å²) >= 11 is 1.47. The molecule has 0 unspecified atom stereocenters. The Morgan fingerprint density at radius 2 is 2.00 bits per heavy atom. The normalized spacial score (nSPS) is 17.5. The largest absolute Gasteiger partial charge is 0.375 e. The van der Waals surface area contributed by atoms with Gasteiger partial charge in [0.2, 0.25) is 10.0 Å². The number of hydrogen-bond acceptors (Lipinski definition) is 6. The van der Waals surface area contributed by atoms with Crippen molar-refractivity contribution in [2.45, 2.75) is 6.92 Å². The molecule has 1 fully saturated rings. The molecule has 0 aliphatic carbocycles. The molecule has 1 aliphatic heterocycles. The average Bonchev–Trinajstić information content (AvgIpc) is 2.86. The van der Waals surface area contributed by atoms with Gasteiger partial charge in [-0.15, -0.1) is 0 Å². The van der Waals surface area contributed by atoms with Crippen LogP contribution in [0.25, 0.3) is 10.2 Å². The fourth-order valence-electron chi connectivity index (χ4n) is 2.53. The number of fused-ring (bicyclic) bond motifs is 1. The predicted molar refractivity (Wildman–Crippen MR) is 87.3 cm³/mol. The average molecular weight is 326 g/mol. The lowest BCUT2D eigenvalue weighted by Gasteiger charge is -2.35. The Morgan fingerprint density at radius 3 is 2.67 bits per heavy atom. The van der Waals surface area contributed by atoms with Gasteiger partial charge in [0.05, 0.1) is 16.0 Å². The topological polar surface area (TPSA) is 79.5 Å². The van der Waals surface area contributed by atoms with Crippen LogP contribution in [-0.2, 0) is 10.0 Å². The van der Waals surface area contributed by atoms with Crippen LogP contribution in [0.15, 0.2) is 18.2 Å². The summed E-state index contributed by atoms with van der Waals surface area (Å²) in [6.07, 6.45) is 0. The van der Waals surface area contributed by atoms with E-state index >= 15 is 0 Å². The number of piperazine rings is 1. The Morgan fingerprint density at radius 1 is 1.29 bits per heavy atom. The third-order valence-corrected chi connectivity index (χ3v) is 6.48. The smallest absolute Gasteiger partial charge is 0.213 e. The number of sulfonamides is 1. The highest BCUT2D eigenvalue weighted by atomic mass is 32.2. The summed E-state index contributed by atoms with van der Waals surface area (Å²) in [7, 11) is -3.08. The molecule has 8 heteroatoms. The molecular weight excluding hydrogens is 308 g/mol. The van der Waals surface area contributed by atoms with Crippen LogP contribution in [0.2, 0.25) is 0 Å². The maximum Gasteiger partial charge on any atom is 0.213 e. The molecule has 3 rings (SSSR count). The molecule has 0 bridgehead atoms. The van der Waals surface area contributed by atoms with Crippen LogP contribution in [0, 0.1) is 0 Å². The fraction of sp³-hybridized carbons (Fsp3) is 0.462. The molecule has 2 aromatic rings. The Bertz CT molecular complexity index is 749. The van der Waals surface area contributed by atoms with Crippen molar-refractivity contribution in [2.75, 3.05) is 42.6 Å². The molecule has 1 saturated heterocycles. The van der Waals surface area contributed by atoms with Gasteiger partial charge in [0, 0.05) is 31.9 Å². The van der Waals surface area contributed by atoms with Gasteiger partial charge < -0.3 is 10.6 Å². The van der Waals surface area contributed by atoms with E-state index < -0.39 is 10.0 Å². The van der Waals surface area contributed by atoms with E-state index in [9.17, 15) is 8.42 Å². The van der Waals surface area contributed by atoms with Crippen molar-refractivity contribution in [3.8, 4) is 0 Å². The monoisotopic (exact) mass is 326 g/mol. The van der Waals surface area contributed by atoms with Crippen LogP contribution in [0.5, 0.6) is 0 Å². The summed E-state index contributed by atoms with van der Waals surface area (Å²) in [5.41, 5.74) is 7.73. The number of hydrogen-bond donors (Lipinski definition) is 1. The number of rotatable bonds is 3. The van der Waals surface area contributed by atoms with Crippen LogP contribution in [-0.4, -0.2) is 49.6 Å². The first-order valence-corrected chi connectivity index (χ1v) is 9.31. The van der Waals surface area contributed by atoms with Crippen molar-refractivity contribution < 1.29 is 8.42 Å². The van der Waals surface area contributed by atoms with E-state index in [1.165, 1.54) is 11.3 Å². The number of benzene rings is 1. The van der Waals surface area contributed by atoms with E-state index in [0.29, 0.717) is 31.3 Å². The molecule has 114 valence electrons. The molecule has 0 spiro atoms. The Labute approximate surface area is 128 Å². The van der Waals surface area contributed by atoms with E-state index in [-0.39, 0.29) is 5.75 Å². The molecule has 0 radical (unpaired) electrons. The third-order valence-electron chi connectivity index (χ3n) is 3.75. The minimum Gasteiger partial charge on any atom is -0.375 e. The summed E-state index contributed by atoms with van der Waals surface area (Å²) < 4.78 is 26.4. The molecule has 0 amide bonds. The summed E-state index contributed by atoms with van der Waals surface area (Å²) in [6.45, 7) is 4.18. The number of thiazole rings is 1. The molecule has 2 N–H and O–H groups in total. The van der Waals surface area contributed by atoms with Crippen LogP contribution >= 0.6 is 11.3 Å². The van der Waals surface area contributed by atoms with Crippen molar-refractivity contribution in [3.63, 3.8) is 0 Å². The molecular formula is C13H18N4O2S2. The Hall–Kier alpha value is -1.38. The number of aromatic nitrogens is 1. The summed E-state index contributed by atoms with van der Waals surface area (Å²) in [4.78, 5) is 6.45. The molecule has 0 saturated carbocycles. The van der Waals surface area contributed by atoms with Gasteiger partial charge in [-0.2, -0.15) is 4.31 Å². The molecule has 21 heavy (non-hydrogen) atoms. The minimum atomic E-state index is -3.08. The lowest BCUT2D eigenvalue weighted by atomic mass is 10.2. The zero-order valence-corrected chi connectivity index (χ0v) is 13.5. The summed E-state index contributed by atoms with van der Waals surface area (Å²) in [6, 6.07) is 6.06. The quantitative estimate of drug-likeness (QED) is 0.921. The highest BCUT2D eigenvalue weighted by Crippen LogP contribution is 2.28. The van der Waals surface area contributed by atoms with Crippen LogP contribution in [0.4, 0.5) is 10.8 Å². The molecule has 1 aromatic carbocycles. The molecule has 6 nitrogen and oxygen atoms in total. The van der Waals surface area contributed by atoms with Gasteiger partial charge in [-0.1, -0.05) is 11.3 Å². The van der Waals surface area contributed by atoms with Gasteiger partial charge in [-0.05, 0) is 25.1 Å². The first-order chi connectivity index (χ1) is 9.99. The second-order valence-electron chi connectivity index (χ2n) is 4.99. The Kier molecular flexibility index (Phi) is 3.76. The molecule has 1 aliphatic rings. The van der Waals surface area contributed by atoms with Crippen LogP contribution in [0.1, 0.15) is 6.92 Å². The Balaban J connectivity index is 1.76. The minimum absolute atomic E-state index is 0.166. The maximum absolute atomic E-state index is 11.9. The van der Waals surface area contributed by atoms with Crippen molar-refractivity contribution >= 4 is 42.4 Å². The maximum atomic E-state index is 11.9. The van der Waals surface area contributed by atoms with Gasteiger partial charge in [0.1, 0.15) is 0 Å². The highest BCUT2D eigenvalue weighted by molar-refractivity contribution is 7.89. The molecule has 2 heterocycles. The van der Waals surface area contributed by atoms with Gasteiger partial charge >= 0.3 is 0 Å². The standard InChI is InChI=1S/C13H18N4O2S2/c1-2-21(18,19)17-7-5-16(6-8-17)10-3-4-11-12(9-10)20-13(14)15-11/h3-4,9H,2,5-8H2,1H3,(H2,14,15). The van der Waals surface area contributed by atoms with Crippen molar-refractivity contribution in [3.05, 3.63) is 18.2 Å². The van der Waals surface area contributed by atoms with E-state index in [1.807, 2.05) is 12.1 Å². The second-order valence-corrected chi connectivity index (χ2v) is 8.31. The van der Waals surface area contributed by atoms with Crippen LogP contribution in [0.3, 0.4) is 0 Å². The summed E-state index contributed by atoms with van der Waals surface area (Å²) in [5, 5.41) is 0.570. The van der Waals surface area contributed by atoms with Gasteiger partial charge in [-0.3, -0.25) is 0 Å². The van der Waals surface area contributed by atoms with Crippen molar-refractivity contribution in [2.24, 2.45) is 0 Å². The molecule has 0 atom stereocenters. The third kappa shape index (κ3) is 2.83. The van der Waals surface area contributed by atoms with Crippen molar-refractivity contribution in [1.29, 1.82) is 0 Å². The zero-order valence-electron chi connectivity index (χ0n) is 11.8. The predicted octanol–water partition coefficient (Wildman–Crippen LogP) is 1.35.